The molecule has 5 atom stereocenters. The van der Waals surface area contributed by atoms with Gasteiger partial charge in [0.25, 0.3) is 0 Å². The predicted molar refractivity (Wildman–Crippen MR) is 280 cm³/mol. The lowest BCUT2D eigenvalue weighted by Crippen LogP contribution is -2.58. The maximum Gasteiger partial charge on any atom is 0.411 e. The highest BCUT2D eigenvalue weighted by Gasteiger charge is 2.49. The minimum Gasteiger partial charge on any atom is -0.440 e. The molecular formula is C55H62Cl4N4O5S. The summed E-state index contributed by atoms with van der Waals surface area (Å²) in [4.78, 5) is 62.0. The number of hydrogen-bond acceptors (Lipinski definition) is 6. The molecular weight excluding hydrogens is 971 g/mol. The van der Waals surface area contributed by atoms with Crippen LogP contribution in [-0.2, 0) is 30.0 Å². The average molecular weight is 1030 g/mol. The van der Waals surface area contributed by atoms with Crippen molar-refractivity contribution < 1.29 is 23.9 Å². The second-order valence-electron chi connectivity index (χ2n) is 19.9. The molecule has 2 N–H and O–H groups in total. The molecule has 1 saturated carbocycles. The van der Waals surface area contributed by atoms with Gasteiger partial charge in [0.05, 0.1) is 12.1 Å². The van der Waals surface area contributed by atoms with Crippen LogP contribution in [0.1, 0.15) is 126 Å². The fraction of sp³-hybridized carbons (Fsp3) is 0.455. The third-order valence-corrected chi connectivity index (χ3v) is 17.8. The van der Waals surface area contributed by atoms with Gasteiger partial charge in [-0.1, -0.05) is 155 Å². The van der Waals surface area contributed by atoms with Gasteiger partial charge < -0.3 is 15.4 Å². The van der Waals surface area contributed by atoms with E-state index in [9.17, 15) is 14.9 Å². The zero-order valence-electron chi connectivity index (χ0n) is 39.7. The van der Waals surface area contributed by atoms with Gasteiger partial charge in [0, 0.05) is 43.4 Å². The Balaban J connectivity index is 1.44. The highest BCUT2D eigenvalue weighted by Crippen LogP contribution is 2.47. The molecule has 3 amide bonds. The number of hydrogen-bond donors (Lipinski definition) is 2. The Bertz CT molecular complexity index is 2560. The van der Waals surface area contributed by atoms with Crippen molar-refractivity contribution >= 4 is 85.4 Å². The fourth-order valence-electron chi connectivity index (χ4n) is 10.5. The SMILES string of the molecule is CC(C)(c1cccc(Cl)c1)C(OC(=O)N(C(c1ccc(Cl)cc1)C(C)(C)c1cccc(Cl)c1)[C@@H](CC1CCCCC1)C(=O)N[C@@H](C[C@@H]1CCNC1=O)C(=O)C(C#N)=S1CCCC1)c1ccc(Cl)cc1. The maximum absolute atomic E-state index is 16.3. The summed E-state index contributed by atoms with van der Waals surface area (Å²) >= 11 is 26.4. The van der Waals surface area contributed by atoms with Crippen LogP contribution < -0.4 is 10.6 Å². The van der Waals surface area contributed by atoms with E-state index in [0.29, 0.717) is 44.2 Å². The summed E-state index contributed by atoms with van der Waals surface area (Å²) in [5.74, 6) is -0.303. The van der Waals surface area contributed by atoms with Crippen molar-refractivity contribution in [1.29, 1.82) is 5.26 Å². The van der Waals surface area contributed by atoms with Crippen molar-refractivity contribution in [3.8, 4) is 6.07 Å². The largest absolute Gasteiger partial charge is 0.440 e. The van der Waals surface area contributed by atoms with Crippen LogP contribution in [0.3, 0.4) is 0 Å². The van der Waals surface area contributed by atoms with Crippen LogP contribution in [0.15, 0.2) is 97.1 Å². The minimum atomic E-state index is -1.22. The van der Waals surface area contributed by atoms with Gasteiger partial charge >= 0.3 is 6.09 Å². The Morgan fingerprint density at radius 2 is 1.32 bits per heavy atom. The van der Waals surface area contributed by atoms with Crippen molar-refractivity contribution in [2.75, 3.05) is 18.1 Å². The van der Waals surface area contributed by atoms with Crippen LogP contribution in [-0.4, -0.2) is 63.6 Å². The lowest BCUT2D eigenvalue weighted by atomic mass is 9.73. The number of ketones is 1. The number of carbonyl (C=O) groups excluding carboxylic acids is 4. The fourth-order valence-corrected chi connectivity index (χ4v) is 13.4. The Morgan fingerprint density at radius 1 is 0.754 bits per heavy atom. The van der Waals surface area contributed by atoms with Gasteiger partial charge in [-0.25, -0.2) is 4.79 Å². The molecule has 7 rings (SSSR count). The lowest BCUT2D eigenvalue weighted by Gasteiger charge is -2.47. The van der Waals surface area contributed by atoms with Gasteiger partial charge in [0.1, 0.15) is 23.1 Å². The van der Waals surface area contributed by atoms with Crippen LogP contribution in [0.2, 0.25) is 20.1 Å². The quantitative estimate of drug-likeness (QED) is 0.101. The number of carbonyl (C=O) groups is 4. The number of nitriles is 1. The van der Waals surface area contributed by atoms with E-state index < -0.39 is 69.2 Å². The van der Waals surface area contributed by atoms with E-state index in [1.165, 1.54) is 0 Å². The zero-order chi connectivity index (χ0) is 49.5. The second kappa shape index (κ2) is 23.2. The first-order valence-corrected chi connectivity index (χ1v) is 27.1. The van der Waals surface area contributed by atoms with E-state index in [2.05, 4.69) is 16.7 Å². The molecule has 0 aromatic heterocycles. The Labute approximate surface area is 429 Å². The summed E-state index contributed by atoms with van der Waals surface area (Å²) in [6, 6.07) is 28.3. The normalized spacial score (nSPS) is 18.6. The Kier molecular flexibility index (Phi) is 17.7. The molecule has 0 bridgehead atoms. The third-order valence-electron chi connectivity index (χ3n) is 14.4. The van der Waals surface area contributed by atoms with Crippen molar-refractivity contribution in [2.24, 2.45) is 11.8 Å². The van der Waals surface area contributed by atoms with E-state index in [1.54, 1.807) is 41.3 Å². The molecule has 2 heterocycles. The van der Waals surface area contributed by atoms with Crippen molar-refractivity contribution in [1.82, 2.24) is 15.5 Å². The summed E-state index contributed by atoms with van der Waals surface area (Å²) in [5.41, 5.74) is 1.08. The number of rotatable bonds is 17. The molecule has 3 fully saturated rings. The Hall–Kier alpha value is -4.37. The highest BCUT2D eigenvalue weighted by atomic mass is 35.5. The summed E-state index contributed by atoms with van der Waals surface area (Å²) in [7, 11) is -0.565. The van der Waals surface area contributed by atoms with Crippen molar-refractivity contribution in [2.45, 2.75) is 127 Å². The van der Waals surface area contributed by atoms with Crippen LogP contribution in [0.25, 0.3) is 0 Å². The average Bonchev–Trinajstić information content (AvgIpc) is 4.02. The van der Waals surface area contributed by atoms with Crippen LogP contribution >= 0.6 is 56.9 Å². The summed E-state index contributed by atoms with van der Waals surface area (Å²) in [5, 5.41) is 18.6. The monoisotopic (exact) mass is 1030 g/mol. The molecule has 1 aliphatic carbocycles. The zero-order valence-corrected chi connectivity index (χ0v) is 43.6. The van der Waals surface area contributed by atoms with Crippen molar-refractivity contribution in [3.05, 3.63) is 139 Å². The maximum atomic E-state index is 16.3. The number of amides is 3. The molecule has 4 aromatic carbocycles. The van der Waals surface area contributed by atoms with Crippen LogP contribution in [0.4, 0.5) is 4.79 Å². The number of Topliss-reactive ketones (excluding diaryl/α,β-unsaturated/α-hetero) is 1. The molecule has 69 heavy (non-hydrogen) atoms. The molecule has 2 aliphatic heterocycles. The molecule has 14 heteroatoms. The third kappa shape index (κ3) is 12.6. The topological polar surface area (TPSA) is 129 Å². The second-order valence-corrected chi connectivity index (χ2v) is 23.8. The summed E-state index contributed by atoms with van der Waals surface area (Å²) < 4.78 is 7.00. The Morgan fingerprint density at radius 3 is 1.86 bits per heavy atom. The van der Waals surface area contributed by atoms with Crippen LogP contribution in [0, 0.1) is 23.2 Å². The molecule has 3 aliphatic rings. The standard InChI is InChI=1S/C55H62Cl4N4O5S/c1-54(2,39-14-10-16-43(58)32-39)49(36-18-22-41(56)23-19-36)63(53(67)68-50(37-20-24-42(57)25-21-37)55(3,4)40-15-11-17-44(59)33-40)46(30-35-12-6-5-7-13-35)52(66)62-45(31-38-26-27-61-51(38)65)48(64)47(34-60)69-28-8-9-29-69/h10-11,14-25,32-33,35,38,45-46,49-50H,5-9,12-13,26-31H2,1-4H3,(H,61,65)(H,62,66)/t38-,45-,46-,49?,50?/m0/s1. The van der Waals surface area contributed by atoms with Crippen LogP contribution in [0.5, 0.6) is 0 Å². The van der Waals surface area contributed by atoms with E-state index in [-0.39, 0.29) is 29.5 Å². The van der Waals surface area contributed by atoms with Gasteiger partial charge in [0.2, 0.25) is 17.6 Å². The number of benzene rings is 4. The van der Waals surface area contributed by atoms with Gasteiger partial charge in [-0.3, -0.25) is 19.3 Å². The predicted octanol–water partition coefficient (Wildman–Crippen LogP) is 13.2. The number of ether oxygens (including phenoxy) is 1. The molecule has 0 spiro atoms. The van der Waals surface area contributed by atoms with E-state index in [0.717, 1.165) is 67.6 Å². The van der Waals surface area contributed by atoms with Gasteiger partial charge in [0.15, 0.2) is 0 Å². The highest BCUT2D eigenvalue weighted by molar-refractivity contribution is 8.17. The first-order chi connectivity index (χ1) is 33.0. The summed E-state index contributed by atoms with van der Waals surface area (Å²) in [6.07, 6.45) is 5.51. The van der Waals surface area contributed by atoms with Gasteiger partial charge in [-0.05, 0) is 120 Å². The van der Waals surface area contributed by atoms with Gasteiger partial charge in [-0.2, -0.15) is 15.7 Å². The molecule has 366 valence electrons. The first kappa shape index (κ1) is 52.5. The van der Waals surface area contributed by atoms with Crippen molar-refractivity contribution in [3.63, 3.8) is 0 Å². The van der Waals surface area contributed by atoms with E-state index >= 15 is 9.59 Å². The van der Waals surface area contributed by atoms with E-state index in [1.807, 2.05) is 88.4 Å². The number of halogens is 4. The van der Waals surface area contributed by atoms with Gasteiger partial charge in [-0.15, -0.1) is 0 Å². The molecule has 4 aromatic rings. The molecule has 0 radical (unpaired) electrons. The molecule has 2 unspecified atom stereocenters. The minimum absolute atomic E-state index is 0.0144. The summed E-state index contributed by atoms with van der Waals surface area (Å²) in [6.45, 7) is 8.45. The first-order valence-electron chi connectivity index (χ1n) is 24.1. The number of nitrogens with zero attached hydrogens (tertiary/aromatic N) is 2. The number of nitrogens with one attached hydrogen (secondary N) is 2. The molecule has 2 saturated heterocycles. The smallest absolute Gasteiger partial charge is 0.411 e. The molecule has 9 nitrogen and oxygen atoms in total. The van der Waals surface area contributed by atoms with E-state index in [4.69, 9.17) is 51.1 Å². The lowest BCUT2D eigenvalue weighted by molar-refractivity contribution is -0.132.